The second-order valence-corrected chi connectivity index (χ2v) is 4.76. The molecule has 2 amide bonds. The molecule has 5 heteroatoms. The summed E-state index contributed by atoms with van der Waals surface area (Å²) in [4.78, 5) is 24.1. The Kier molecular flexibility index (Phi) is 3.02. The Morgan fingerprint density at radius 3 is 3.10 bits per heavy atom. The van der Waals surface area contributed by atoms with Crippen LogP contribution in [0.3, 0.4) is 0 Å². The predicted molar refractivity (Wildman–Crippen MR) is 76.4 cm³/mol. The van der Waals surface area contributed by atoms with E-state index in [0.717, 1.165) is 10.9 Å². The fourth-order valence-corrected chi connectivity index (χ4v) is 2.50. The molecule has 0 radical (unpaired) electrons. The molecule has 1 aromatic heterocycles. The smallest absolute Gasteiger partial charge is 0.268 e. The number of nitrogens with one attached hydrogen (secondary N) is 2. The summed E-state index contributed by atoms with van der Waals surface area (Å²) in [7, 11) is 0. The van der Waals surface area contributed by atoms with Crippen molar-refractivity contribution in [2.75, 3.05) is 6.54 Å². The zero-order chi connectivity index (χ0) is 14.1. The van der Waals surface area contributed by atoms with Gasteiger partial charge in [-0.15, -0.1) is 6.58 Å². The maximum Gasteiger partial charge on any atom is 0.268 e. The summed E-state index contributed by atoms with van der Waals surface area (Å²) in [6.07, 6.45) is 1.61. The molecule has 0 bridgehead atoms. The first-order chi connectivity index (χ1) is 9.70. The van der Waals surface area contributed by atoms with Gasteiger partial charge in [0.25, 0.3) is 5.91 Å². The number of amides is 2. The number of benzene rings is 1. The van der Waals surface area contributed by atoms with Crippen molar-refractivity contribution >= 4 is 22.7 Å². The number of hydrogen-bond acceptors (Lipinski definition) is 2. The molecule has 0 saturated heterocycles. The minimum absolute atomic E-state index is 0.193. The van der Waals surface area contributed by atoms with Crippen molar-refractivity contribution in [3.05, 3.63) is 48.7 Å². The van der Waals surface area contributed by atoms with Gasteiger partial charge in [-0.05, 0) is 12.1 Å². The van der Waals surface area contributed by atoms with E-state index in [-0.39, 0.29) is 11.8 Å². The van der Waals surface area contributed by atoms with Crippen molar-refractivity contribution in [1.82, 2.24) is 15.2 Å². The molecule has 3 rings (SSSR count). The van der Waals surface area contributed by atoms with E-state index < -0.39 is 6.04 Å². The van der Waals surface area contributed by atoms with E-state index in [4.69, 9.17) is 0 Å². The van der Waals surface area contributed by atoms with Gasteiger partial charge in [0.05, 0.1) is 6.54 Å². The summed E-state index contributed by atoms with van der Waals surface area (Å²) < 4.78 is 1.90. The largest absolute Gasteiger partial charge is 0.351 e. The van der Waals surface area contributed by atoms with Crippen molar-refractivity contribution in [2.24, 2.45) is 0 Å². The molecule has 0 spiro atoms. The van der Waals surface area contributed by atoms with Gasteiger partial charge in [-0.3, -0.25) is 9.59 Å². The molecule has 102 valence electrons. The van der Waals surface area contributed by atoms with Gasteiger partial charge in [-0.2, -0.15) is 0 Å². The lowest BCUT2D eigenvalue weighted by atomic mass is 10.2. The normalized spacial score (nSPS) is 17.4. The molecule has 1 aliphatic rings. The molecule has 0 aliphatic carbocycles. The summed E-state index contributed by atoms with van der Waals surface area (Å²) in [5.74, 6) is -0.409. The molecule has 5 nitrogen and oxygen atoms in total. The van der Waals surface area contributed by atoms with E-state index in [1.54, 1.807) is 6.08 Å². The Hall–Kier alpha value is -2.56. The molecule has 2 heterocycles. The van der Waals surface area contributed by atoms with Crippen LogP contribution in [0.1, 0.15) is 10.5 Å². The van der Waals surface area contributed by atoms with Crippen LogP contribution in [0.2, 0.25) is 0 Å². The van der Waals surface area contributed by atoms with Crippen LogP contribution in [0.25, 0.3) is 10.9 Å². The molecule has 0 fully saturated rings. The second kappa shape index (κ2) is 4.85. The molecule has 2 aromatic rings. The van der Waals surface area contributed by atoms with Gasteiger partial charge in [-0.1, -0.05) is 24.3 Å². The summed E-state index contributed by atoms with van der Waals surface area (Å²) in [6.45, 7) is 4.39. The van der Waals surface area contributed by atoms with Crippen LogP contribution in [0.15, 0.2) is 43.0 Å². The third kappa shape index (κ3) is 1.97. The molecular weight excluding hydrogens is 254 g/mol. The summed E-state index contributed by atoms with van der Waals surface area (Å²) in [6, 6.07) is 9.07. The van der Waals surface area contributed by atoms with Crippen molar-refractivity contribution in [2.45, 2.75) is 12.6 Å². The molecule has 1 aliphatic heterocycles. The van der Waals surface area contributed by atoms with Crippen molar-refractivity contribution in [3.8, 4) is 0 Å². The minimum Gasteiger partial charge on any atom is -0.351 e. The first-order valence-electron chi connectivity index (χ1n) is 6.48. The van der Waals surface area contributed by atoms with Crippen LogP contribution in [0, 0.1) is 0 Å². The molecular formula is C15H15N3O2. The maximum atomic E-state index is 12.1. The first kappa shape index (κ1) is 12.5. The molecule has 0 saturated carbocycles. The van der Waals surface area contributed by atoms with Crippen LogP contribution >= 0.6 is 0 Å². The average molecular weight is 269 g/mol. The van der Waals surface area contributed by atoms with E-state index in [1.807, 2.05) is 34.9 Å². The number of carbonyl (C=O) groups is 2. The zero-order valence-corrected chi connectivity index (χ0v) is 10.9. The van der Waals surface area contributed by atoms with E-state index in [9.17, 15) is 9.59 Å². The number of aromatic nitrogens is 1. The Morgan fingerprint density at radius 2 is 2.30 bits per heavy atom. The van der Waals surface area contributed by atoms with Gasteiger partial charge in [0.1, 0.15) is 11.7 Å². The summed E-state index contributed by atoms with van der Waals surface area (Å²) in [5, 5.41) is 6.45. The Labute approximate surface area is 116 Å². The van der Waals surface area contributed by atoms with Gasteiger partial charge in [0, 0.05) is 17.4 Å². The minimum atomic E-state index is -0.550. The molecule has 1 aromatic carbocycles. The highest BCUT2D eigenvalue weighted by molar-refractivity contribution is 6.02. The lowest BCUT2D eigenvalue weighted by Crippen LogP contribution is -2.52. The third-order valence-corrected chi connectivity index (χ3v) is 3.45. The Bertz CT molecular complexity index is 702. The molecule has 20 heavy (non-hydrogen) atoms. The molecule has 0 unspecified atom stereocenters. The van der Waals surface area contributed by atoms with Crippen molar-refractivity contribution in [3.63, 3.8) is 0 Å². The highest BCUT2D eigenvalue weighted by Crippen LogP contribution is 2.22. The van der Waals surface area contributed by atoms with Gasteiger partial charge in [0.15, 0.2) is 0 Å². The van der Waals surface area contributed by atoms with Crippen LogP contribution in [0.4, 0.5) is 0 Å². The fourth-order valence-electron chi connectivity index (χ4n) is 2.50. The third-order valence-electron chi connectivity index (χ3n) is 3.45. The summed E-state index contributed by atoms with van der Waals surface area (Å²) in [5.41, 5.74) is 1.57. The van der Waals surface area contributed by atoms with Gasteiger partial charge in [-0.25, -0.2) is 0 Å². The molecule has 1 atom stereocenters. The number of hydrogen-bond donors (Lipinski definition) is 2. The van der Waals surface area contributed by atoms with Crippen LogP contribution in [0.5, 0.6) is 0 Å². The second-order valence-electron chi connectivity index (χ2n) is 4.76. The predicted octanol–water partition coefficient (Wildman–Crippen LogP) is 1.06. The topological polar surface area (TPSA) is 63.1 Å². The van der Waals surface area contributed by atoms with Crippen LogP contribution in [-0.4, -0.2) is 29.0 Å². The molecule has 2 N–H and O–H groups in total. The van der Waals surface area contributed by atoms with Crippen molar-refractivity contribution in [1.29, 1.82) is 0 Å². The van der Waals surface area contributed by atoms with Gasteiger partial charge >= 0.3 is 0 Å². The maximum absolute atomic E-state index is 12.1. The zero-order valence-electron chi connectivity index (χ0n) is 10.9. The number of para-hydroxylation sites is 1. The van der Waals surface area contributed by atoms with E-state index in [2.05, 4.69) is 17.2 Å². The highest BCUT2D eigenvalue weighted by atomic mass is 16.2. The number of carbonyl (C=O) groups excluding carboxylic acids is 2. The van der Waals surface area contributed by atoms with Gasteiger partial charge in [0.2, 0.25) is 5.91 Å². The van der Waals surface area contributed by atoms with E-state index in [0.29, 0.717) is 18.8 Å². The highest BCUT2D eigenvalue weighted by Gasteiger charge is 2.29. The number of fused-ring (bicyclic) bond motifs is 3. The lowest BCUT2D eigenvalue weighted by Gasteiger charge is -2.25. The summed E-state index contributed by atoms with van der Waals surface area (Å²) >= 11 is 0. The first-order valence-corrected chi connectivity index (χ1v) is 6.48. The van der Waals surface area contributed by atoms with E-state index >= 15 is 0 Å². The average Bonchev–Trinajstić information content (AvgIpc) is 2.84. The van der Waals surface area contributed by atoms with Crippen LogP contribution in [-0.2, 0) is 11.3 Å². The monoisotopic (exact) mass is 269 g/mol. The van der Waals surface area contributed by atoms with Crippen molar-refractivity contribution < 1.29 is 9.59 Å². The number of nitrogens with zero attached hydrogens (tertiary/aromatic N) is 1. The van der Waals surface area contributed by atoms with Gasteiger partial charge < -0.3 is 15.2 Å². The van der Waals surface area contributed by atoms with Crippen LogP contribution < -0.4 is 10.6 Å². The SMILES string of the molecule is C=CCNC(=O)[C@@H]1Cn2c(cc3ccccc32)C(=O)N1. The Morgan fingerprint density at radius 1 is 1.50 bits per heavy atom. The standard InChI is InChI=1S/C15H15N3O2/c1-2-7-16-14(19)11-9-18-12-6-4-3-5-10(12)8-13(18)15(20)17-11/h2-6,8,11H,1,7,9H2,(H,16,19)(H,17,20)/t11-/m0/s1. The quantitative estimate of drug-likeness (QED) is 0.818. The van der Waals surface area contributed by atoms with E-state index in [1.165, 1.54) is 0 Å². The lowest BCUT2D eigenvalue weighted by molar-refractivity contribution is -0.123. The Balaban J connectivity index is 1.95. The number of rotatable bonds is 3. The fraction of sp³-hybridized carbons (Fsp3) is 0.200.